The van der Waals surface area contributed by atoms with E-state index in [1.54, 1.807) is 0 Å². The second kappa shape index (κ2) is 6.12. The van der Waals surface area contributed by atoms with Gasteiger partial charge in [0, 0.05) is 21.7 Å². The van der Waals surface area contributed by atoms with Gasteiger partial charge < -0.3 is 5.73 Å². The van der Waals surface area contributed by atoms with Crippen LogP contribution in [0.5, 0.6) is 0 Å². The van der Waals surface area contributed by atoms with E-state index >= 15 is 0 Å². The topological polar surface area (TPSA) is 26.0 Å². The van der Waals surface area contributed by atoms with Crippen LogP contribution in [0.15, 0.2) is 53.0 Å². The van der Waals surface area contributed by atoms with Gasteiger partial charge in [0.25, 0.3) is 0 Å². The second-order valence-electron chi connectivity index (χ2n) is 3.83. The van der Waals surface area contributed by atoms with Crippen LogP contribution in [-0.4, -0.2) is 0 Å². The van der Waals surface area contributed by atoms with Crippen molar-refractivity contribution in [2.24, 2.45) is 0 Å². The summed E-state index contributed by atoms with van der Waals surface area (Å²) in [6.45, 7) is 0. The van der Waals surface area contributed by atoms with Crippen LogP contribution in [0.3, 0.4) is 0 Å². The number of hydrogen-bond acceptors (Lipinski definition) is 2. The van der Waals surface area contributed by atoms with E-state index in [4.69, 9.17) is 5.73 Å². The minimum absolute atomic E-state index is 0.800. The predicted molar refractivity (Wildman–Crippen MR) is 80.0 cm³/mol. The molecule has 2 aromatic rings. The summed E-state index contributed by atoms with van der Waals surface area (Å²) in [6.07, 6.45) is 0. The van der Waals surface area contributed by atoms with E-state index in [1.807, 2.05) is 30.0 Å². The summed E-state index contributed by atoms with van der Waals surface area (Å²) in [6, 6.07) is 16.5. The number of nitrogen functional groups attached to an aromatic ring is 1. The molecule has 0 radical (unpaired) electrons. The number of thioether (sulfide) groups is 1. The molecular weight excluding hydrogens is 294 g/mol. The van der Waals surface area contributed by atoms with E-state index in [2.05, 4.69) is 46.3 Å². The van der Waals surface area contributed by atoms with Gasteiger partial charge >= 0.3 is 0 Å². The molecule has 0 heterocycles. The van der Waals surface area contributed by atoms with Crippen molar-refractivity contribution in [2.75, 3.05) is 5.73 Å². The Morgan fingerprint density at radius 1 is 1.00 bits per heavy atom. The molecule has 1 nitrogen and oxygen atoms in total. The van der Waals surface area contributed by atoms with Crippen molar-refractivity contribution in [1.29, 1.82) is 0 Å². The van der Waals surface area contributed by atoms with Gasteiger partial charge in [0.05, 0.1) is 0 Å². The lowest BCUT2D eigenvalue weighted by molar-refractivity contribution is 1.35. The Hall–Kier alpha value is -0.930. The number of nitrogens with two attached hydrogens (primary N) is 1. The third-order valence-corrected chi connectivity index (χ3v) is 4.24. The van der Waals surface area contributed by atoms with Crippen LogP contribution < -0.4 is 5.73 Å². The van der Waals surface area contributed by atoms with Gasteiger partial charge in [0.1, 0.15) is 0 Å². The maximum atomic E-state index is 5.71. The average molecular weight is 308 g/mol. The first-order valence-electron chi connectivity index (χ1n) is 5.41. The molecule has 0 aliphatic heterocycles. The van der Waals surface area contributed by atoms with Gasteiger partial charge in [-0.05, 0) is 23.3 Å². The maximum Gasteiger partial charge on any atom is 0.0325 e. The van der Waals surface area contributed by atoms with Gasteiger partial charge in [-0.2, -0.15) is 11.8 Å². The van der Waals surface area contributed by atoms with Gasteiger partial charge in [0.2, 0.25) is 0 Å². The molecule has 2 aromatic carbocycles. The fraction of sp³-hybridized carbons (Fsp3) is 0.143. The van der Waals surface area contributed by atoms with E-state index in [0.29, 0.717) is 0 Å². The van der Waals surface area contributed by atoms with Gasteiger partial charge in [-0.15, -0.1) is 0 Å². The van der Waals surface area contributed by atoms with Crippen LogP contribution in [0, 0.1) is 0 Å². The number of anilines is 1. The molecule has 0 saturated carbocycles. The Balaban J connectivity index is 1.90. The van der Waals surface area contributed by atoms with Crippen molar-refractivity contribution in [3.63, 3.8) is 0 Å². The molecule has 17 heavy (non-hydrogen) atoms. The van der Waals surface area contributed by atoms with E-state index in [0.717, 1.165) is 21.7 Å². The van der Waals surface area contributed by atoms with Gasteiger partial charge in [-0.1, -0.05) is 52.3 Å². The highest BCUT2D eigenvalue weighted by Crippen LogP contribution is 2.25. The fourth-order valence-electron chi connectivity index (χ4n) is 1.53. The zero-order valence-corrected chi connectivity index (χ0v) is 11.8. The van der Waals surface area contributed by atoms with Gasteiger partial charge in [-0.3, -0.25) is 0 Å². The Bertz CT molecular complexity index is 485. The Labute approximate surface area is 115 Å². The van der Waals surface area contributed by atoms with E-state index < -0.39 is 0 Å². The minimum atomic E-state index is 0.800. The summed E-state index contributed by atoms with van der Waals surface area (Å²) in [7, 11) is 0. The molecule has 3 heteroatoms. The number of halogens is 1. The molecule has 0 aromatic heterocycles. The molecule has 0 aliphatic rings. The molecule has 0 amide bonds. The molecule has 0 saturated heterocycles. The van der Waals surface area contributed by atoms with Crippen molar-refractivity contribution in [1.82, 2.24) is 0 Å². The number of benzene rings is 2. The van der Waals surface area contributed by atoms with Crippen molar-refractivity contribution in [2.45, 2.75) is 11.5 Å². The molecule has 0 unspecified atom stereocenters. The lowest BCUT2D eigenvalue weighted by Crippen LogP contribution is -1.89. The van der Waals surface area contributed by atoms with Crippen molar-refractivity contribution >= 4 is 33.4 Å². The minimum Gasteiger partial charge on any atom is -0.399 e. The maximum absolute atomic E-state index is 5.71. The molecule has 0 aliphatic carbocycles. The molecule has 0 spiro atoms. The predicted octanol–water partition coefficient (Wildman–Crippen LogP) is 4.46. The zero-order chi connectivity index (χ0) is 12.1. The van der Waals surface area contributed by atoms with E-state index in [-0.39, 0.29) is 0 Å². The second-order valence-corrected chi connectivity index (χ2v) is 5.67. The summed E-state index contributed by atoms with van der Waals surface area (Å²) in [4.78, 5) is 0. The van der Waals surface area contributed by atoms with Gasteiger partial charge in [-0.25, -0.2) is 0 Å². The van der Waals surface area contributed by atoms with Crippen LogP contribution in [0.1, 0.15) is 11.1 Å². The number of hydrogen-bond donors (Lipinski definition) is 1. The van der Waals surface area contributed by atoms with E-state index in [9.17, 15) is 0 Å². The van der Waals surface area contributed by atoms with Crippen LogP contribution in [-0.2, 0) is 11.5 Å². The SMILES string of the molecule is Nc1ccc(CSCc2ccccc2)c(Br)c1. The highest BCUT2D eigenvalue weighted by molar-refractivity contribution is 9.10. The first-order chi connectivity index (χ1) is 8.25. The van der Waals surface area contributed by atoms with Crippen LogP contribution in [0.4, 0.5) is 5.69 Å². The fourth-order valence-corrected chi connectivity index (χ4v) is 3.26. The molecule has 0 fully saturated rings. The number of rotatable bonds is 4. The third-order valence-electron chi connectivity index (χ3n) is 2.45. The van der Waals surface area contributed by atoms with Crippen molar-refractivity contribution < 1.29 is 0 Å². The summed E-state index contributed by atoms with van der Waals surface area (Å²) < 4.78 is 1.10. The van der Waals surface area contributed by atoms with Crippen molar-refractivity contribution in [3.05, 3.63) is 64.1 Å². The van der Waals surface area contributed by atoms with Crippen LogP contribution in [0.2, 0.25) is 0 Å². The first-order valence-corrected chi connectivity index (χ1v) is 7.36. The lowest BCUT2D eigenvalue weighted by atomic mass is 10.2. The molecule has 2 rings (SSSR count). The van der Waals surface area contributed by atoms with Crippen molar-refractivity contribution in [3.8, 4) is 0 Å². The molecule has 0 bridgehead atoms. The highest BCUT2D eigenvalue weighted by atomic mass is 79.9. The Kier molecular flexibility index (Phi) is 4.51. The summed E-state index contributed by atoms with van der Waals surface area (Å²) >= 11 is 5.45. The third kappa shape index (κ3) is 3.79. The largest absolute Gasteiger partial charge is 0.399 e. The van der Waals surface area contributed by atoms with Gasteiger partial charge in [0.15, 0.2) is 0 Å². The van der Waals surface area contributed by atoms with E-state index in [1.165, 1.54) is 11.1 Å². The molecule has 2 N–H and O–H groups in total. The highest BCUT2D eigenvalue weighted by Gasteiger charge is 2.00. The summed E-state index contributed by atoms with van der Waals surface area (Å²) in [5.41, 5.74) is 9.17. The Morgan fingerprint density at radius 2 is 1.76 bits per heavy atom. The summed E-state index contributed by atoms with van der Waals surface area (Å²) in [5, 5.41) is 0. The quantitative estimate of drug-likeness (QED) is 0.844. The molecular formula is C14H14BrNS. The Morgan fingerprint density at radius 3 is 2.47 bits per heavy atom. The lowest BCUT2D eigenvalue weighted by Gasteiger charge is -2.05. The average Bonchev–Trinajstić information content (AvgIpc) is 2.33. The normalized spacial score (nSPS) is 10.4. The monoisotopic (exact) mass is 307 g/mol. The summed E-state index contributed by atoms with van der Waals surface area (Å²) in [5.74, 6) is 2.04. The standard InChI is InChI=1S/C14H14BrNS/c15-14-8-13(16)7-6-12(14)10-17-9-11-4-2-1-3-5-11/h1-8H,9-10,16H2. The zero-order valence-electron chi connectivity index (χ0n) is 9.40. The molecule has 88 valence electrons. The smallest absolute Gasteiger partial charge is 0.0325 e. The first kappa shape index (κ1) is 12.5. The van der Waals surface area contributed by atoms with Crippen LogP contribution >= 0.6 is 27.7 Å². The molecule has 0 atom stereocenters. The van der Waals surface area contributed by atoms with Crippen LogP contribution in [0.25, 0.3) is 0 Å².